The van der Waals surface area contributed by atoms with E-state index in [9.17, 15) is 9.90 Å². The molecule has 2 fully saturated rings. The van der Waals surface area contributed by atoms with E-state index in [1.165, 1.54) is 22.9 Å². The van der Waals surface area contributed by atoms with Gasteiger partial charge in [-0.15, -0.1) is 0 Å². The average Bonchev–Trinajstić information content (AvgIpc) is 2.85. The lowest BCUT2D eigenvalue weighted by Crippen LogP contribution is -2.49. The largest absolute Gasteiger partial charge is 0.481 e. The van der Waals surface area contributed by atoms with Crippen LogP contribution in [0.5, 0.6) is 0 Å². The molecule has 3 unspecified atom stereocenters. The lowest BCUT2D eigenvalue weighted by atomic mass is 9.48. The summed E-state index contributed by atoms with van der Waals surface area (Å²) >= 11 is 3.69. The topological polar surface area (TPSA) is 37.3 Å². The second kappa shape index (κ2) is 5.21. The third kappa shape index (κ3) is 2.14. The van der Waals surface area contributed by atoms with E-state index in [4.69, 9.17) is 0 Å². The van der Waals surface area contributed by atoms with E-state index >= 15 is 0 Å². The molecule has 126 valence electrons. The van der Waals surface area contributed by atoms with Crippen molar-refractivity contribution in [3.63, 3.8) is 0 Å². The third-order valence-electron chi connectivity index (χ3n) is 8.02. The number of halogens is 1. The molecule has 3 heteroatoms. The Morgan fingerprint density at radius 3 is 2.74 bits per heavy atom. The number of hydrogen-bond donors (Lipinski definition) is 1. The van der Waals surface area contributed by atoms with E-state index in [1.54, 1.807) is 0 Å². The molecular formula is C20H27BrO2. The van der Waals surface area contributed by atoms with Crippen LogP contribution >= 0.6 is 15.9 Å². The molecule has 1 N–H and O–H groups in total. The van der Waals surface area contributed by atoms with Crippen LogP contribution in [0, 0.1) is 34.5 Å². The molecule has 0 amide bonds. The van der Waals surface area contributed by atoms with Crippen LogP contribution in [0.25, 0.3) is 0 Å². The van der Waals surface area contributed by atoms with Crippen LogP contribution in [0.15, 0.2) is 22.2 Å². The van der Waals surface area contributed by atoms with Crippen molar-refractivity contribution in [3.8, 4) is 0 Å². The number of carbonyl (C=O) groups is 1. The van der Waals surface area contributed by atoms with Gasteiger partial charge >= 0.3 is 5.97 Å². The summed E-state index contributed by atoms with van der Waals surface area (Å²) in [6.07, 6.45) is 12.7. The molecular weight excluding hydrogens is 352 g/mol. The van der Waals surface area contributed by atoms with Gasteiger partial charge in [-0.25, -0.2) is 0 Å². The number of carboxylic acid groups (broad SMARTS) is 1. The van der Waals surface area contributed by atoms with Crippen molar-refractivity contribution in [1.29, 1.82) is 0 Å². The molecule has 4 aliphatic rings. The predicted molar refractivity (Wildman–Crippen MR) is 95.2 cm³/mol. The van der Waals surface area contributed by atoms with Crippen LogP contribution in [0.4, 0.5) is 0 Å². The highest BCUT2D eigenvalue weighted by Crippen LogP contribution is 2.66. The fourth-order valence-corrected chi connectivity index (χ4v) is 7.14. The van der Waals surface area contributed by atoms with Crippen molar-refractivity contribution < 1.29 is 9.90 Å². The summed E-state index contributed by atoms with van der Waals surface area (Å²) in [5.41, 5.74) is 1.87. The quantitative estimate of drug-likeness (QED) is 0.650. The van der Waals surface area contributed by atoms with E-state index in [0.29, 0.717) is 17.3 Å². The van der Waals surface area contributed by atoms with Crippen molar-refractivity contribution in [2.24, 2.45) is 34.5 Å². The lowest BCUT2D eigenvalue weighted by molar-refractivity contribution is -0.148. The number of rotatable bonds is 1. The smallest absolute Gasteiger partial charge is 0.307 e. The van der Waals surface area contributed by atoms with E-state index in [2.05, 4.69) is 41.9 Å². The fourth-order valence-electron chi connectivity index (χ4n) is 6.70. The Balaban J connectivity index is 1.69. The second-order valence-electron chi connectivity index (χ2n) is 8.79. The Morgan fingerprint density at radius 1 is 1.22 bits per heavy atom. The molecule has 0 aliphatic heterocycles. The van der Waals surface area contributed by atoms with Crippen LogP contribution in [-0.2, 0) is 4.79 Å². The van der Waals surface area contributed by atoms with Gasteiger partial charge in [0.25, 0.3) is 0 Å². The molecule has 0 radical (unpaired) electrons. The first-order chi connectivity index (χ1) is 10.9. The number of aliphatic carboxylic acids is 1. The van der Waals surface area contributed by atoms with E-state index in [-0.39, 0.29) is 11.3 Å². The molecule has 0 aromatic rings. The molecule has 4 rings (SSSR count). The van der Waals surface area contributed by atoms with E-state index in [1.807, 2.05) is 0 Å². The highest BCUT2D eigenvalue weighted by atomic mass is 79.9. The minimum absolute atomic E-state index is 0.0276. The first-order valence-electron chi connectivity index (χ1n) is 9.16. The Labute approximate surface area is 147 Å². The summed E-state index contributed by atoms with van der Waals surface area (Å²) < 4.78 is 1.34. The van der Waals surface area contributed by atoms with Gasteiger partial charge in [0.1, 0.15) is 0 Å². The maximum absolute atomic E-state index is 11.7. The molecule has 0 heterocycles. The second-order valence-corrected chi connectivity index (χ2v) is 9.81. The monoisotopic (exact) mass is 378 g/mol. The van der Waals surface area contributed by atoms with Gasteiger partial charge in [-0.05, 0) is 89.7 Å². The fraction of sp³-hybridized carbons (Fsp3) is 0.750. The van der Waals surface area contributed by atoms with Gasteiger partial charge in [0.05, 0.1) is 5.92 Å². The lowest BCUT2D eigenvalue weighted by Gasteiger charge is -2.56. The maximum atomic E-state index is 11.7. The standard InChI is InChI=1S/C20H27BrO2/c1-19-9-7-13(21)11-12(19)3-4-14-15-5-6-17(18(22)23)20(15,2)10-8-16(14)19/h3,11,14-17H,4-10H2,1-2H3,(H,22,23)/t14?,15?,16?,17-,19+,20+/m1/s1. The average molecular weight is 379 g/mol. The molecule has 0 aromatic heterocycles. The van der Waals surface area contributed by atoms with Crippen LogP contribution in [0.3, 0.4) is 0 Å². The van der Waals surface area contributed by atoms with Crippen molar-refractivity contribution in [3.05, 3.63) is 22.2 Å². The van der Waals surface area contributed by atoms with E-state index in [0.717, 1.165) is 38.0 Å². The summed E-state index contributed by atoms with van der Waals surface area (Å²) in [4.78, 5) is 11.7. The van der Waals surface area contributed by atoms with Crippen LogP contribution < -0.4 is 0 Å². The minimum atomic E-state index is -0.559. The highest BCUT2D eigenvalue weighted by Gasteiger charge is 2.59. The van der Waals surface area contributed by atoms with Gasteiger partial charge in [0.2, 0.25) is 0 Å². The van der Waals surface area contributed by atoms with Crippen LogP contribution in [-0.4, -0.2) is 11.1 Å². The van der Waals surface area contributed by atoms with Gasteiger partial charge < -0.3 is 5.11 Å². The van der Waals surface area contributed by atoms with Gasteiger partial charge in [-0.2, -0.15) is 0 Å². The molecule has 0 aromatic carbocycles. The van der Waals surface area contributed by atoms with Crippen molar-refractivity contribution in [2.45, 2.75) is 58.8 Å². The molecule has 0 saturated heterocycles. The van der Waals surface area contributed by atoms with Gasteiger partial charge in [-0.1, -0.05) is 35.9 Å². The first kappa shape index (κ1) is 15.9. The normalized spacial score (nSPS) is 48.7. The molecule has 0 bridgehead atoms. The summed E-state index contributed by atoms with van der Waals surface area (Å²) in [7, 11) is 0. The zero-order chi connectivity index (χ0) is 16.4. The summed E-state index contributed by atoms with van der Waals surface area (Å²) in [5.74, 6) is 1.36. The Hall–Kier alpha value is -0.570. The maximum Gasteiger partial charge on any atom is 0.307 e. The van der Waals surface area contributed by atoms with Gasteiger partial charge in [0.15, 0.2) is 0 Å². The highest BCUT2D eigenvalue weighted by molar-refractivity contribution is 9.11. The Bertz CT molecular complexity index is 607. The Morgan fingerprint density at radius 2 is 2.00 bits per heavy atom. The number of allylic oxidation sites excluding steroid dienone is 4. The van der Waals surface area contributed by atoms with Crippen molar-refractivity contribution in [2.75, 3.05) is 0 Å². The summed E-state index contributed by atoms with van der Waals surface area (Å²) in [6.45, 7) is 4.75. The van der Waals surface area contributed by atoms with E-state index < -0.39 is 5.97 Å². The number of hydrogen-bond acceptors (Lipinski definition) is 1. The first-order valence-corrected chi connectivity index (χ1v) is 9.95. The minimum Gasteiger partial charge on any atom is -0.481 e. The zero-order valence-electron chi connectivity index (χ0n) is 14.1. The molecule has 6 atom stereocenters. The number of fused-ring (bicyclic) bond motifs is 5. The zero-order valence-corrected chi connectivity index (χ0v) is 15.7. The molecule has 2 nitrogen and oxygen atoms in total. The third-order valence-corrected chi connectivity index (χ3v) is 8.64. The summed E-state index contributed by atoms with van der Waals surface area (Å²) in [6, 6.07) is 0. The summed E-state index contributed by atoms with van der Waals surface area (Å²) in [5, 5.41) is 9.66. The number of carboxylic acids is 1. The SMILES string of the molecule is C[C@]12CCC(Br)=CC1=CCC1C2CC[C@@]2(C)C1CC[C@@H]2C(=O)O. The van der Waals surface area contributed by atoms with Crippen molar-refractivity contribution in [1.82, 2.24) is 0 Å². The van der Waals surface area contributed by atoms with Crippen LogP contribution in [0.1, 0.15) is 58.8 Å². The van der Waals surface area contributed by atoms with Crippen molar-refractivity contribution >= 4 is 21.9 Å². The molecule has 4 aliphatic carbocycles. The van der Waals surface area contributed by atoms with Crippen LogP contribution in [0.2, 0.25) is 0 Å². The van der Waals surface area contributed by atoms with Gasteiger partial charge in [0, 0.05) is 0 Å². The molecule has 0 spiro atoms. The Kier molecular flexibility index (Phi) is 3.61. The molecule has 23 heavy (non-hydrogen) atoms. The predicted octanol–water partition coefficient (Wildman–Crippen LogP) is 5.54. The van der Waals surface area contributed by atoms with Gasteiger partial charge in [-0.3, -0.25) is 4.79 Å². The molecule has 2 saturated carbocycles.